The summed E-state index contributed by atoms with van der Waals surface area (Å²) >= 11 is 0. The Kier molecular flexibility index (Phi) is 7.45. The zero-order valence-electron chi connectivity index (χ0n) is 15.4. The summed E-state index contributed by atoms with van der Waals surface area (Å²) in [5.74, 6) is -1.18. The highest BCUT2D eigenvalue weighted by molar-refractivity contribution is 5.97. The molecule has 1 heterocycles. The number of piperidine rings is 1. The lowest BCUT2D eigenvalue weighted by Gasteiger charge is -2.32. The summed E-state index contributed by atoms with van der Waals surface area (Å²) in [6.45, 7) is 4.67. The van der Waals surface area contributed by atoms with Gasteiger partial charge in [0, 0.05) is 26.2 Å². The van der Waals surface area contributed by atoms with Crippen molar-refractivity contribution in [1.82, 2.24) is 10.2 Å². The van der Waals surface area contributed by atoms with E-state index in [1.807, 2.05) is 0 Å². The van der Waals surface area contributed by atoms with Gasteiger partial charge in [-0.25, -0.2) is 0 Å². The zero-order valence-corrected chi connectivity index (χ0v) is 15.4. The van der Waals surface area contributed by atoms with Gasteiger partial charge in [0.1, 0.15) is 12.4 Å². The van der Waals surface area contributed by atoms with Gasteiger partial charge in [0.25, 0.3) is 5.91 Å². The first-order chi connectivity index (χ1) is 13.3. The van der Waals surface area contributed by atoms with Crippen LogP contribution in [0, 0.1) is 5.92 Å². The molecule has 1 fully saturated rings. The molecule has 6 nitrogen and oxygen atoms in total. The molecule has 1 saturated heterocycles. The maximum atomic E-state index is 13.1. The summed E-state index contributed by atoms with van der Waals surface area (Å²) in [6.07, 6.45) is -1.97. The highest BCUT2D eigenvalue weighted by Gasteiger charge is 2.34. The Bertz CT molecular complexity index is 722. The van der Waals surface area contributed by atoms with Crippen molar-refractivity contribution in [3.05, 3.63) is 42.0 Å². The van der Waals surface area contributed by atoms with Gasteiger partial charge >= 0.3 is 6.18 Å². The van der Waals surface area contributed by atoms with Crippen LogP contribution >= 0.6 is 0 Å². The minimum Gasteiger partial charge on any atom is -0.489 e. The number of rotatable bonds is 7. The zero-order chi connectivity index (χ0) is 20.7. The van der Waals surface area contributed by atoms with Crippen molar-refractivity contribution in [2.24, 2.45) is 11.7 Å². The molecule has 28 heavy (non-hydrogen) atoms. The van der Waals surface area contributed by atoms with Crippen molar-refractivity contribution in [2.45, 2.75) is 19.0 Å². The molecule has 0 radical (unpaired) electrons. The van der Waals surface area contributed by atoms with E-state index in [2.05, 4.69) is 11.9 Å². The second-order valence-corrected chi connectivity index (χ2v) is 6.48. The molecule has 2 rings (SSSR count). The van der Waals surface area contributed by atoms with Gasteiger partial charge in [0.2, 0.25) is 5.91 Å². The van der Waals surface area contributed by atoms with E-state index >= 15 is 0 Å². The van der Waals surface area contributed by atoms with E-state index < -0.39 is 23.6 Å². The summed E-state index contributed by atoms with van der Waals surface area (Å²) in [5.41, 5.74) is 4.26. The summed E-state index contributed by atoms with van der Waals surface area (Å²) < 4.78 is 44.7. The molecule has 0 aliphatic carbocycles. The molecular formula is C19H24F3N3O3. The van der Waals surface area contributed by atoms with Gasteiger partial charge in [0.05, 0.1) is 17.0 Å². The van der Waals surface area contributed by atoms with Crippen LogP contribution in [-0.2, 0) is 11.0 Å². The first-order valence-corrected chi connectivity index (χ1v) is 9.00. The average molecular weight is 399 g/mol. The quantitative estimate of drug-likeness (QED) is 0.689. The monoisotopic (exact) mass is 399 g/mol. The van der Waals surface area contributed by atoms with Crippen LogP contribution in [0.3, 0.4) is 0 Å². The topological polar surface area (TPSA) is 84.7 Å². The van der Waals surface area contributed by atoms with Gasteiger partial charge in [-0.05, 0) is 31.0 Å². The third-order valence-electron chi connectivity index (χ3n) is 4.42. The van der Waals surface area contributed by atoms with E-state index in [9.17, 15) is 22.8 Å². The molecule has 3 N–H and O–H groups in total. The number of nitrogens with one attached hydrogen (secondary N) is 1. The number of hydrogen-bond donors (Lipinski definition) is 2. The van der Waals surface area contributed by atoms with Crippen LogP contribution in [0.4, 0.5) is 13.2 Å². The van der Waals surface area contributed by atoms with E-state index in [4.69, 9.17) is 10.5 Å². The van der Waals surface area contributed by atoms with Gasteiger partial charge in [-0.3, -0.25) is 9.59 Å². The SMILES string of the molecule is C=CCOc1ccc(C(F)(F)F)cc1C(=O)N1CCCC(C(=O)NCCN)C1. The molecule has 0 spiro atoms. The van der Waals surface area contributed by atoms with Crippen LogP contribution in [0.2, 0.25) is 0 Å². The van der Waals surface area contributed by atoms with Gasteiger partial charge in [-0.15, -0.1) is 0 Å². The molecule has 1 unspecified atom stereocenters. The molecule has 0 aromatic heterocycles. The number of ether oxygens (including phenoxy) is 1. The fourth-order valence-corrected chi connectivity index (χ4v) is 3.03. The normalized spacial score (nSPS) is 17.1. The number of nitrogens with two attached hydrogens (primary N) is 1. The molecule has 1 atom stereocenters. The largest absolute Gasteiger partial charge is 0.489 e. The van der Waals surface area contributed by atoms with Gasteiger partial charge in [-0.1, -0.05) is 12.7 Å². The fraction of sp³-hybridized carbons (Fsp3) is 0.474. The summed E-state index contributed by atoms with van der Waals surface area (Å²) in [7, 11) is 0. The third kappa shape index (κ3) is 5.48. The Hall–Kier alpha value is -2.55. The number of halogens is 3. The lowest BCUT2D eigenvalue weighted by Crippen LogP contribution is -2.46. The molecule has 1 aliphatic heterocycles. The maximum absolute atomic E-state index is 13.1. The van der Waals surface area contributed by atoms with Crippen LogP contribution in [0.1, 0.15) is 28.8 Å². The molecule has 0 saturated carbocycles. The number of carbonyl (C=O) groups is 2. The molecule has 1 aromatic carbocycles. The Morgan fingerprint density at radius 1 is 1.39 bits per heavy atom. The third-order valence-corrected chi connectivity index (χ3v) is 4.42. The van der Waals surface area contributed by atoms with E-state index in [-0.39, 0.29) is 30.4 Å². The Labute approximate surface area is 161 Å². The maximum Gasteiger partial charge on any atom is 0.416 e. The van der Waals surface area contributed by atoms with Crippen LogP contribution in [0.15, 0.2) is 30.9 Å². The highest BCUT2D eigenvalue weighted by atomic mass is 19.4. The van der Waals surface area contributed by atoms with Crippen molar-refractivity contribution in [3.8, 4) is 5.75 Å². The van der Waals surface area contributed by atoms with E-state index in [1.165, 1.54) is 11.0 Å². The van der Waals surface area contributed by atoms with Crippen molar-refractivity contribution in [3.63, 3.8) is 0 Å². The molecule has 2 amide bonds. The fourth-order valence-electron chi connectivity index (χ4n) is 3.03. The Morgan fingerprint density at radius 2 is 2.14 bits per heavy atom. The summed E-state index contributed by atoms with van der Waals surface area (Å²) in [4.78, 5) is 26.5. The number of alkyl halides is 3. The molecule has 154 valence electrons. The summed E-state index contributed by atoms with van der Waals surface area (Å²) in [5, 5.41) is 2.68. The van der Waals surface area contributed by atoms with Crippen LogP contribution in [-0.4, -0.2) is 49.5 Å². The van der Waals surface area contributed by atoms with Crippen molar-refractivity contribution < 1.29 is 27.5 Å². The van der Waals surface area contributed by atoms with Crippen molar-refractivity contribution in [2.75, 3.05) is 32.8 Å². The first-order valence-electron chi connectivity index (χ1n) is 9.00. The minimum absolute atomic E-state index is 0.0487. The van der Waals surface area contributed by atoms with E-state index in [0.717, 1.165) is 18.2 Å². The molecule has 1 aliphatic rings. The number of carbonyl (C=O) groups excluding carboxylic acids is 2. The minimum atomic E-state index is -4.58. The lowest BCUT2D eigenvalue weighted by atomic mass is 9.96. The smallest absolute Gasteiger partial charge is 0.416 e. The number of hydrogen-bond acceptors (Lipinski definition) is 4. The number of amides is 2. The van der Waals surface area contributed by atoms with Gasteiger partial charge < -0.3 is 20.7 Å². The average Bonchev–Trinajstić information content (AvgIpc) is 2.69. The highest BCUT2D eigenvalue weighted by Crippen LogP contribution is 2.33. The predicted octanol–water partition coefficient (Wildman–Crippen LogP) is 2.20. The number of benzene rings is 1. The van der Waals surface area contributed by atoms with E-state index in [1.54, 1.807) is 0 Å². The second-order valence-electron chi connectivity index (χ2n) is 6.48. The van der Waals surface area contributed by atoms with Crippen molar-refractivity contribution in [1.29, 1.82) is 0 Å². The Morgan fingerprint density at radius 3 is 2.79 bits per heavy atom. The molecular weight excluding hydrogens is 375 g/mol. The van der Waals surface area contributed by atoms with Crippen LogP contribution < -0.4 is 15.8 Å². The molecule has 1 aromatic rings. The predicted molar refractivity (Wildman–Crippen MR) is 97.8 cm³/mol. The standard InChI is InChI=1S/C19H24F3N3O3/c1-2-10-28-16-6-5-14(19(20,21)22)11-15(16)18(27)25-9-3-4-13(12-25)17(26)24-8-7-23/h2,5-6,11,13H,1,3-4,7-10,12,23H2,(H,24,26). The van der Waals surface area contributed by atoms with Crippen LogP contribution in [0.5, 0.6) is 5.75 Å². The first kappa shape index (κ1) is 21.7. The van der Waals surface area contributed by atoms with Gasteiger partial charge in [-0.2, -0.15) is 13.2 Å². The van der Waals surface area contributed by atoms with Gasteiger partial charge in [0.15, 0.2) is 0 Å². The number of likely N-dealkylation sites (tertiary alicyclic amines) is 1. The number of nitrogens with zero attached hydrogens (tertiary/aromatic N) is 1. The Balaban J connectivity index is 2.25. The molecule has 0 bridgehead atoms. The molecule has 9 heteroatoms. The summed E-state index contributed by atoms with van der Waals surface area (Å²) in [6, 6.07) is 2.79. The van der Waals surface area contributed by atoms with Crippen LogP contribution in [0.25, 0.3) is 0 Å². The lowest BCUT2D eigenvalue weighted by molar-refractivity contribution is -0.137. The van der Waals surface area contributed by atoms with E-state index in [0.29, 0.717) is 32.5 Å². The van der Waals surface area contributed by atoms with Crippen molar-refractivity contribution >= 4 is 11.8 Å². The second kappa shape index (κ2) is 9.59.